The highest BCUT2D eigenvalue weighted by Gasteiger charge is 2.03. The molecular formula is C16H18ClNS. The second-order valence-electron chi connectivity index (χ2n) is 4.56. The maximum atomic E-state index is 5.90. The number of hydrogen-bond donors (Lipinski definition) is 1. The van der Waals surface area contributed by atoms with Crippen LogP contribution in [-0.2, 0) is 12.3 Å². The fourth-order valence-corrected chi connectivity index (χ4v) is 3.04. The van der Waals surface area contributed by atoms with Crippen LogP contribution in [0.1, 0.15) is 16.7 Å². The molecule has 1 nitrogen and oxygen atoms in total. The van der Waals surface area contributed by atoms with Crippen molar-refractivity contribution in [3.8, 4) is 0 Å². The maximum Gasteiger partial charge on any atom is 0.0406 e. The lowest BCUT2D eigenvalue weighted by Gasteiger charge is -2.10. The largest absolute Gasteiger partial charge is 0.316 e. The maximum absolute atomic E-state index is 5.90. The molecule has 0 aliphatic heterocycles. The van der Waals surface area contributed by atoms with Gasteiger partial charge in [-0.3, -0.25) is 0 Å². The number of halogens is 1. The van der Waals surface area contributed by atoms with Crippen LogP contribution in [0.15, 0.2) is 47.4 Å². The van der Waals surface area contributed by atoms with Crippen molar-refractivity contribution in [3.63, 3.8) is 0 Å². The molecule has 0 aromatic heterocycles. The Balaban J connectivity index is 2.08. The first-order valence-electron chi connectivity index (χ1n) is 6.30. The minimum Gasteiger partial charge on any atom is -0.316 e. The van der Waals surface area contributed by atoms with Crippen LogP contribution < -0.4 is 5.32 Å². The quantitative estimate of drug-likeness (QED) is 0.804. The summed E-state index contributed by atoms with van der Waals surface area (Å²) in [6.45, 7) is 3.04. The summed E-state index contributed by atoms with van der Waals surface area (Å²) in [5.74, 6) is 0.969. The number of aryl methyl sites for hydroxylation is 1. The molecule has 0 aliphatic carbocycles. The average Bonchev–Trinajstić information content (AvgIpc) is 2.40. The topological polar surface area (TPSA) is 12.0 Å². The van der Waals surface area contributed by atoms with Crippen LogP contribution in [0, 0.1) is 6.92 Å². The normalized spacial score (nSPS) is 10.7. The third kappa shape index (κ3) is 4.27. The van der Waals surface area contributed by atoms with Crippen LogP contribution in [0.3, 0.4) is 0 Å². The van der Waals surface area contributed by atoms with Crippen molar-refractivity contribution < 1.29 is 0 Å². The molecular weight excluding hydrogens is 274 g/mol. The molecule has 0 heterocycles. The van der Waals surface area contributed by atoms with E-state index < -0.39 is 0 Å². The molecule has 0 fully saturated rings. The van der Waals surface area contributed by atoms with E-state index in [0.717, 1.165) is 17.3 Å². The Kier molecular flexibility index (Phi) is 5.32. The van der Waals surface area contributed by atoms with Gasteiger partial charge in [-0.1, -0.05) is 41.4 Å². The van der Waals surface area contributed by atoms with Gasteiger partial charge < -0.3 is 5.32 Å². The van der Waals surface area contributed by atoms with Gasteiger partial charge in [0.1, 0.15) is 0 Å². The molecule has 19 heavy (non-hydrogen) atoms. The molecule has 0 saturated carbocycles. The summed E-state index contributed by atoms with van der Waals surface area (Å²) in [4.78, 5) is 1.34. The van der Waals surface area contributed by atoms with Crippen molar-refractivity contribution in [2.45, 2.75) is 24.1 Å². The van der Waals surface area contributed by atoms with Gasteiger partial charge >= 0.3 is 0 Å². The summed E-state index contributed by atoms with van der Waals surface area (Å²) in [5.41, 5.74) is 3.97. The Morgan fingerprint density at radius 1 is 1.11 bits per heavy atom. The third-order valence-corrected chi connectivity index (χ3v) is 4.33. The Bertz CT molecular complexity index is 537. The van der Waals surface area contributed by atoms with E-state index >= 15 is 0 Å². The molecule has 0 bridgehead atoms. The lowest BCUT2D eigenvalue weighted by Crippen LogP contribution is -2.06. The van der Waals surface area contributed by atoms with Gasteiger partial charge in [0.05, 0.1) is 0 Å². The van der Waals surface area contributed by atoms with Crippen molar-refractivity contribution in [2.75, 3.05) is 7.05 Å². The molecule has 2 aromatic carbocycles. The highest BCUT2D eigenvalue weighted by molar-refractivity contribution is 7.98. The lowest BCUT2D eigenvalue weighted by molar-refractivity contribution is 0.802. The molecule has 0 unspecified atom stereocenters. The zero-order chi connectivity index (χ0) is 13.7. The Labute approximate surface area is 124 Å². The Morgan fingerprint density at radius 3 is 2.53 bits per heavy atom. The number of hydrogen-bond acceptors (Lipinski definition) is 2. The molecule has 3 heteroatoms. The first-order chi connectivity index (χ1) is 9.19. The summed E-state index contributed by atoms with van der Waals surface area (Å²) in [5, 5.41) is 4.02. The first-order valence-corrected chi connectivity index (χ1v) is 7.67. The molecule has 100 valence electrons. The Morgan fingerprint density at radius 2 is 1.84 bits per heavy atom. The van der Waals surface area contributed by atoms with Crippen LogP contribution in [-0.4, -0.2) is 7.05 Å². The van der Waals surface area contributed by atoms with E-state index in [1.807, 2.05) is 30.9 Å². The number of nitrogens with one attached hydrogen (secondary N) is 1. The predicted octanol–water partition coefficient (Wildman–Crippen LogP) is 4.66. The van der Waals surface area contributed by atoms with E-state index in [1.165, 1.54) is 21.6 Å². The van der Waals surface area contributed by atoms with Gasteiger partial charge in [0.25, 0.3) is 0 Å². The molecule has 0 atom stereocenters. The predicted molar refractivity (Wildman–Crippen MR) is 85.0 cm³/mol. The smallest absolute Gasteiger partial charge is 0.0406 e. The highest BCUT2D eigenvalue weighted by atomic mass is 35.5. The van der Waals surface area contributed by atoms with Gasteiger partial charge in [-0.05, 0) is 43.3 Å². The van der Waals surface area contributed by atoms with Gasteiger partial charge in [-0.25, -0.2) is 0 Å². The minimum absolute atomic E-state index is 0.792. The molecule has 0 spiro atoms. The zero-order valence-electron chi connectivity index (χ0n) is 11.2. The summed E-state index contributed by atoms with van der Waals surface area (Å²) < 4.78 is 0. The fourth-order valence-electron chi connectivity index (χ4n) is 1.92. The first kappa shape index (κ1) is 14.4. The second-order valence-corrected chi connectivity index (χ2v) is 6.01. The zero-order valence-corrected chi connectivity index (χ0v) is 12.8. The van der Waals surface area contributed by atoms with Gasteiger partial charge in [-0.2, -0.15) is 0 Å². The monoisotopic (exact) mass is 291 g/mol. The summed E-state index contributed by atoms with van der Waals surface area (Å²) in [6, 6.07) is 14.7. The molecule has 2 rings (SSSR count). The molecule has 1 N–H and O–H groups in total. The van der Waals surface area contributed by atoms with E-state index in [1.54, 1.807) is 0 Å². The van der Waals surface area contributed by atoms with Crippen molar-refractivity contribution >= 4 is 23.4 Å². The van der Waals surface area contributed by atoms with Crippen molar-refractivity contribution in [1.82, 2.24) is 5.32 Å². The van der Waals surface area contributed by atoms with Crippen LogP contribution >= 0.6 is 23.4 Å². The third-order valence-electron chi connectivity index (χ3n) is 2.89. The van der Waals surface area contributed by atoms with Crippen LogP contribution in [0.4, 0.5) is 0 Å². The van der Waals surface area contributed by atoms with Gasteiger partial charge in [-0.15, -0.1) is 11.8 Å². The fraction of sp³-hybridized carbons (Fsp3) is 0.250. The number of thioether (sulfide) groups is 1. The standard InChI is InChI=1S/C16H18ClNS/c1-12-3-8-16(14(9-12)10-18-2)19-11-13-4-6-15(17)7-5-13/h3-9,18H,10-11H2,1-2H3. The summed E-state index contributed by atoms with van der Waals surface area (Å²) >= 11 is 7.77. The molecule has 0 saturated heterocycles. The average molecular weight is 292 g/mol. The molecule has 0 aliphatic rings. The second kappa shape index (κ2) is 6.99. The van der Waals surface area contributed by atoms with E-state index in [0.29, 0.717) is 0 Å². The van der Waals surface area contributed by atoms with Crippen LogP contribution in [0.5, 0.6) is 0 Å². The van der Waals surface area contributed by atoms with Gasteiger partial charge in [0, 0.05) is 22.2 Å². The van der Waals surface area contributed by atoms with Crippen molar-refractivity contribution in [2.24, 2.45) is 0 Å². The van der Waals surface area contributed by atoms with Gasteiger partial charge in [0.2, 0.25) is 0 Å². The van der Waals surface area contributed by atoms with E-state index in [2.05, 4.69) is 42.6 Å². The van der Waals surface area contributed by atoms with Crippen LogP contribution in [0.2, 0.25) is 5.02 Å². The molecule has 0 amide bonds. The van der Waals surface area contributed by atoms with Gasteiger partial charge in [0.15, 0.2) is 0 Å². The highest BCUT2D eigenvalue weighted by Crippen LogP contribution is 2.27. The lowest BCUT2D eigenvalue weighted by atomic mass is 10.1. The number of benzene rings is 2. The Hall–Kier alpha value is -0.960. The minimum atomic E-state index is 0.792. The molecule has 2 aromatic rings. The van der Waals surface area contributed by atoms with E-state index in [9.17, 15) is 0 Å². The van der Waals surface area contributed by atoms with Crippen LogP contribution in [0.25, 0.3) is 0 Å². The molecule has 0 radical (unpaired) electrons. The van der Waals surface area contributed by atoms with Crippen molar-refractivity contribution in [1.29, 1.82) is 0 Å². The SMILES string of the molecule is CNCc1cc(C)ccc1SCc1ccc(Cl)cc1. The van der Waals surface area contributed by atoms with E-state index in [-0.39, 0.29) is 0 Å². The number of rotatable bonds is 5. The summed E-state index contributed by atoms with van der Waals surface area (Å²) in [6.07, 6.45) is 0. The van der Waals surface area contributed by atoms with Crippen molar-refractivity contribution in [3.05, 3.63) is 64.2 Å². The van der Waals surface area contributed by atoms with E-state index in [4.69, 9.17) is 11.6 Å². The summed E-state index contributed by atoms with van der Waals surface area (Å²) in [7, 11) is 1.98.